The summed E-state index contributed by atoms with van der Waals surface area (Å²) in [5.41, 5.74) is 1.08. The maximum Gasteiger partial charge on any atom is 0.273 e. The largest absolute Gasteiger partial charge is 0.364 e. The van der Waals surface area contributed by atoms with Crippen molar-refractivity contribution in [1.29, 1.82) is 0 Å². The van der Waals surface area contributed by atoms with Crippen molar-refractivity contribution in [1.82, 2.24) is 19.8 Å². The fourth-order valence-electron chi connectivity index (χ4n) is 3.05. The molecule has 2 aromatic rings. The highest BCUT2D eigenvalue weighted by Crippen LogP contribution is 2.30. The van der Waals surface area contributed by atoms with E-state index in [4.69, 9.17) is 9.51 Å². The second kappa shape index (κ2) is 7.34. The Kier molecular flexibility index (Phi) is 5.32. The van der Waals surface area contributed by atoms with E-state index in [1.165, 1.54) is 17.8 Å². The SMILES string of the molecule is Cc1conc1C(=O)NCC1CN(c2nc(C(C)(C)C)ns2)CCC1C. The molecule has 2 aromatic heterocycles. The van der Waals surface area contributed by atoms with E-state index >= 15 is 0 Å². The van der Waals surface area contributed by atoms with Crippen molar-refractivity contribution in [3.05, 3.63) is 23.3 Å². The van der Waals surface area contributed by atoms with E-state index in [0.29, 0.717) is 24.1 Å². The fraction of sp³-hybridized carbons (Fsp3) is 0.667. The van der Waals surface area contributed by atoms with Gasteiger partial charge in [-0.25, -0.2) is 4.98 Å². The molecule has 0 bridgehead atoms. The Labute approximate surface area is 158 Å². The minimum atomic E-state index is -0.175. The van der Waals surface area contributed by atoms with Gasteiger partial charge in [-0.3, -0.25) is 4.79 Å². The first-order chi connectivity index (χ1) is 12.3. The Morgan fingerprint density at radius 3 is 2.85 bits per heavy atom. The minimum Gasteiger partial charge on any atom is -0.364 e. The predicted octanol–water partition coefficient (Wildman–Crippen LogP) is 3.02. The van der Waals surface area contributed by atoms with Crippen LogP contribution >= 0.6 is 11.5 Å². The Morgan fingerprint density at radius 2 is 2.23 bits per heavy atom. The molecule has 1 fully saturated rings. The van der Waals surface area contributed by atoms with Crippen molar-refractivity contribution in [2.24, 2.45) is 11.8 Å². The van der Waals surface area contributed by atoms with Crippen molar-refractivity contribution in [2.45, 2.75) is 46.5 Å². The van der Waals surface area contributed by atoms with Crippen molar-refractivity contribution < 1.29 is 9.32 Å². The Morgan fingerprint density at radius 1 is 1.46 bits per heavy atom. The zero-order valence-corrected chi connectivity index (χ0v) is 16.9. The summed E-state index contributed by atoms with van der Waals surface area (Å²) < 4.78 is 9.38. The number of anilines is 1. The van der Waals surface area contributed by atoms with Crippen LogP contribution in [0.25, 0.3) is 0 Å². The van der Waals surface area contributed by atoms with Gasteiger partial charge in [0, 0.05) is 42.1 Å². The first kappa shape index (κ1) is 18.8. The molecule has 26 heavy (non-hydrogen) atoms. The van der Waals surface area contributed by atoms with Gasteiger partial charge in [0.05, 0.1) is 0 Å². The number of nitrogens with one attached hydrogen (secondary N) is 1. The third-order valence-corrected chi connectivity index (χ3v) is 5.73. The first-order valence-corrected chi connectivity index (χ1v) is 9.81. The van der Waals surface area contributed by atoms with E-state index in [-0.39, 0.29) is 11.3 Å². The van der Waals surface area contributed by atoms with Crippen molar-refractivity contribution >= 4 is 22.6 Å². The van der Waals surface area contributed by atoms with Gasteiger partial charge in [-0.2, -0.15) is 4.37 Å². The molecule has 1 aliphatic rings. The second-order valence-electron chi connectivity index (χ2n) is 8.18. The van der Waals surface area contributed by atoms with Crippen LogP contribution < -0.4 is 10.2 Å². The molecule has 0 spiro atoms. The molecule has 2 unspecified atom stereocenters. The lowest BCUT2D eigenvalue weighted by Gasteiger charge is -2.36. The molecule has 8 heteroatoms. The quantitative estimate of drug-likeness (QED) is 0.882. The monoisotopic (exact) mass is 377 g/mol. The number of nitrogens with zero attached hydrogens (tertiary/aromatic N) is 4. The van der Waals surface area contributed by atoms with E-state index in [1.54, 1.807) is 0 Å². The summed E-state index contributed by atoms with van der Waals surface area (Å²) in [4.78, 5) is 19.3. The van der Waals surface area contributed by atoms with Crippen LogP contribution in [0.3, 0.4) is 0 Å². The van der Waals surface area contributed by atoms with Gasteiger partial charge in [-0.05, 0) is 25.2 Å². The van der Waals surface area contributed by atoms with E-state index in [2.05, 4.69) is 47.4 Å². The third-order valence-electron chi connectivity index (χ3n) is 4.96. The summed E-state index contributed by atoms with van der Waals surface area (Å²) in [7, 11) is 0. The van der Waals surface area contributed by atoms with Gasteiger partial charge in [0.15, 0.2) is 5.69 Å². The van der Waals surface area contributed by atoms with Crippen LogP contribution in [0.15, 0.2) is 10.8 Å². The molecule has 7 nitrogen and oxygen atoms in total. The molecule has 1 amide bonds. The molecule has 1 N–H and O–H groups in total. The molecule has 3 rings (SSSR count). The van der Waals surface area contributed by atoms with E-state index in [0.717, 1.165) is 36.0 Å². The molecule has 0 aromatic carbocycles. The first-order valence-electron chi connectivity index (χ1n) is 9.04. The molecule has 3 heterocycles. The normalized spacial score (nSPS) is 21.0. The molecule has 0 radical (unpaired) electrons. The summed E-state index contributed by atoms with van der Waals surface area (Å²) >= 11 is 1.47. The number of piperidine rings is 1. The molecular formula is C18H27N5O2S. The number of amides is 1. The maximum absolute atomic E-state index is 12.3. The Bertz CT molecular complexity index is 764. The zero-order valence-electron chi connectivity index (χ0n) is 16.1. The van der Waals surface area contributed by atoms with Crippen LogP contribution in [0.2, 0.25) is 0 Å². The van der Waals surface area contributed by atoms with Crippen LogP contribution in [-0.2, 0) is 5.41 Å². The predicted molar refractivity (Wildman–Crippen MR) is 102 cm³/mol. The lowest BCUT2D eigenvalue weighted by atomic mass is 9.87. The average molecular weight is 378 g/mol. The number of carbonyl (C=O) groups excluding carboxylic acids is 1. The van der Waals surface area contributed by atoms with Gasteiger partial charge >= 0.3 is 0 Å². The summed E-state index contributed by atoms with van der Waals surface area (Å²) in [6.45, 7) is 12.9. The van der Waals surface area contributed by atoms with Gasteiger partial charge in [-0.15, -0.1) is 0 Å². The summed E-state index contributed by atoms with van der Waals surface area (Å²) in [6, 6.07) is 0. The number of aromatic nitrogens is 3. The van der Waals surface area contributed by atoms with E-state index in [1.807, 2.05) is 6.92 Å². The average Bonchev–Trinajstić information content (AvgIpc) is 3.22. The number of hydrogen-bond acceptors (Lipinski definition) is 7. The molecular weight excluding hydrogens is 350 g/mol. The van der Waals surface area contributed by atoms with Crippen molar-refractivity contribution in [3.8, 4) is 0 Å². The van der Waals surface area contributed by atoms with Crippen LogP contribution in [0.5, 0.6) is 0 Å². The molecule has 1 saturated heterocycles. The van der Waals surface area contributed by atoms with Crippen molar-refractivity contribution in [3.63, 3.8) is 0 Å². The molecule has 2 atom stereocenters. The second-order valence-corrected chi connectivity index (χ2v) is 8.91. The van der Waals surface area contributed by atoms with Crippen LogP contribution in [0.1, 0.15) is 56.0 Å². The number of aryl methyl sites for hydroxylation is 1. The summed E-state index contributed by atoms with van der Waals surface area (Å²) in [5.74, 6) is 1.62. The lowest BCUT2D eigenvalue weighted by Crippen LogP contribution is -2.45. The van der Waals surface area contributed by atoms with Crippen LogP contribution in [0, 0.1) is 18.8 Å². The standard InChI is InChI=1S/C18H27N5O2S/c1-11-6-7-23(17-20-16(22-26-17)18(3,4)5)9-13(11)8-19-15(24)14-12(2)10-25-21-14/h10-11,13H,6-9H2,1-5H3,(H,19,24). The minimum absolute atomic E-state index is 0.0410. The molecule has 0 aliphatic carbocycles. The van der Waals surface area contributed by atoms with Gasteiger partial charge in [0.2, 0.25) is 5.13 Å². The Balaban J connectivity index is 1.62. The van der Waals surface area contributed by atoms with Crippen molar-refractivity contribution in [2.75, 3.05) is 24.5 Å². The smallest absolute Gasteiger partial charge is 0.273 e. The molecule has 142 valence electrons. The number of carbonyl (C=O) groups is 1. The highest BCUT2D eigenvalue weighted by molar-refractivity contribution is 7.09. The summed E-state index contributed by atoms with van der Waals surface area (Å²) in [5, 5.41) is 7.76. The van der Waals surface area contributed by atoms with Gasteiger partial charge < -0.3 is 14.7 Å². The van der Waals surface area contributed by atoms with E-state index in [9.17, 15) is 4.79 Å². The number of rotatable bonds is 4. The highest BCUT2D eigenvalue weighted by atomic mass is 32.1. The lowest BCUT2D eigenvalue weighted by molar-refractivity contribution is 0.0931. The molecule has 1 aliphatic heterocycles. The van der Waals surface area contributed by atoms with Gasteiger partial charge in [-0.1, -0.05) is 32.9 Å². The maximum atomic E-state index is 12.3. The van der Waals surface area contributed by atoms with Gasteiger partial charge in [0.1, 0.15) is 12.1 Å². The number of hydrogen-bond donors (Lipinski definition) is 1. The fourth-order valence-corrected chi connectivity index (χ4v) is 3.94. The topological polar surface area (TPSA) is 84.2 Å². The van der Waals surface area contributed by atoms with Crippen LogP contribution in [0.4, 0.5) is 5.13 Å². The summed E-state index contributed by atoms with van der Waals surface area (Å²) in [6.07, 6.45) is 2.57. The Hall–Kier alpha value is -1.96. The highest BCUT2D eigenvalue weighted by Gasteiger charge is 2.30. The van der Waals surface area contributed by atoms with Gasteiger partial charge in [0.25, 0.3) is 5.91 Å². The zero-order chi connectivity index (χ0) is 18.9. The van der Waals surface area contributed by atoms with E-state index < -0.39 is 0 Å². The van der Waals surface area contributed by atoms with Crippen LogP contribution in [-0.4, -0.2) is 40.1 Å². The molecule has 0 saturated carbocycles. The third kappa shape index (κ3) is 4.06.